The lowest BCUT2D eigenvalue weighted by Crippen LogP contribution is -2.73. The summed E-state index contributed by atoms with van der Waals surface area (Å²) in [5.74, 6) is -0.365. The lowest BCUT2D eigenvalue weighted by Gasteiger charge is -2.49. The van der Waals surface area contributed by atoms with Gasteiger partial charge in [-0.05, 0) is 55.8 Å². The minimum Gasteiger partial charge on any atom is -0.478 e. The molecule has 0 radical (unpaired) electrons. The van der Waals surface area contributed by atoms with Gasteiger partial charge in [0.25, 0.3) is 5.91 Å². The molecule has 3 fully saturated rings. The van der Waals surface area contributed by atoms with Crippen molar-refractivity contribution in [1.29, 1.82) is 0 Å². The maximum absolute atomic E-state index is 13.5. The monoisotopic (exact) mass is 521 g/mol. The van der Waals surface area contributed by atoms with E-state index in [2.05, 4.69) is 0 Å². The number of amides is 1. The fourth-order valence-electron chi connectivity index (χ4n) is 5.20. The van der Waals surface area contributed by atoms with Crippen LogP contribution in [0.2, 0.25) is 5.02 Å². The lowest BCUT2D eigenvalue weighted by molar-refractivity contribution is -0.226. The third kappa shape index (κ3) is 4.74. The van der Waals surface area contributed by atoms with Gasteiger partial charge in [-0.15, -0.1) is 0 Å². The maximum atomic E-state index is 13.5. The summed E-state index contributed by atoms with van der Waals surface area (Å²) in [6.07, 6.45) is -2.90. The molecule has 3 aromatic carbocycles. The number of carbonyl (C=O) groups is 1. The molecule has 0 saturated carbocycles. The van der Waals surface area contributed by atoms with Gasteiger partial charge in [-0.2, -0.15) is 0 Å². The average Bonchev–Trinajstić information content (AvgIpc) is 3.37. The van der Waals surface area contributed by atoms with Gasteiger partial charge in [0, 0.05) is 10.7 Å². The molecule has 6 rings (SSSR count). The van der Waals surface area contributed by atoms with Gasteiger partial charge < -0.3 is 23.7 Å². The Morgan fingerprint density at radius 3 is 2.27 bits per heavy atom. The van der Waals surface area contributed by atoms with Crippen molar-refractivity contribution in [2.75, 3.05) is 4.90 Å². The highest BCUT2D eigenvalue weighted by molar-refractivity contribution is 6.30. The number of para-hydroxylation sites is 1. The zero-order chi connectivity index (χ0) is 25.6. The number of rotatable bonds is 7. The minimum atomic E-state index is -0.806. The maximum Gasteiger partial charge on any atom is 0.270 e. The summed E-state index contributed by atoms with van der Waals surface area (Å²) in [7, 11) is 0. The first kappa shape index (κ1) is 24.4. The van der Waals surface area contributed by atoms with Gasteiger partial charge >= 0.3 is 0 Å². The van der Waals surface area contributed by atoms with E-state index in [0.717, 1.165) is 5.56 Å². The highest BCUT2D eigenvalue weighted by atomic mass is 35.5. The van der Waals surface area contributed by atoms with Crippen LogP contribution < -0.4 is 9.64 Å². The van der Waals surface area contributed by atoms with E-state index in [9.17, 15) is 4.79 Å². The molecule has 0 aromatic heterocycles. The molecule has 0 bridgehead atoms. The minimum absolute atomic E-state index is 0.166. The first-order chi connectivity index (χ1) is 17.9. The molecule has 8 heteroatoms. The van der Waals surface area contributed by atoms with E-state index in [-0.39, 0.29) is 5.91 Å². The van der Waals surface area contributed by atoms with E-state index in [0.29, 0.717) is 23.1 Å². The number of anilines is 1. The van der Waals surface area contributed by atoms with Crippen LogP contribution in [0.1, 0.15) is 19.4 Å². The van der Waals surface area contributed by atoms with Gasteiger partial charge in [0.15, 0.2) is 12.1 Å². The van der Waals surface area contributed by atoms with Crippen molar-refractivity contribution in [2.24, 2.45) is 0 Å². The number of hydrogen-bond acceptors (Lipinski definition) is 6. The quantitative estimate of drug-likeness (QED) is 0.409. The molecule has 37 heavy (non-hydrogen) atoms. The molecule has 0 unspecified atom stereocenters. The molecule has 3 heterocycles. The standard InChI is InChI=1S/C29H28ClNO6/c1-29(2)36-26-25(33-17-18-9-5-3-6-10-18)23(35-28(26)37-29)22-24(34-21-11-7-4-8-12-21)27(32)31(22)20-15-13-19(30)14-16-20/h3-16,22-26,28H,17H2,1-2H3/t22-,23-,24+,25+,26-,28-/m1/s1. The van der Waals surface area contributed by atoms with Crippen LogP contribution in [0.3, 0.4) is 0 Å². The van der Waals surface area contributed by atoms with Crippen LogP contribution >= 0.6 is 11.6 Å². The molecule has 192 valence electrons. The Labute approximate surface area is 220 Å². The van der Waals surface area contributed by atoms with Crippen LogP contribution in [0.25, 0.3) is 0 Å². The molecule has 0 N–H and O–H groups in total. The second kappa shape index (κ2) is 9.74. The fourth-order valence-corrected chi connectivity index (χ4v) is 5.33. The average molecular weight is 522 g/mol. The van der Waals surface area contributed by atoms with Gasteiger partial charge in [-0.1, -0.05) is 60.1 Å². The Morgan fingerprint density at radius 1 is 0.892 bits per heavy atom. The van der Waals surface area contributed by atoms with E-state index in [4.69, 9.17) is 35.3 Å². The molecule has 3 aliphatic heterocycles. The predicted octanol–water partition coefficient (Wildman–Crippen LogP) is 4.96. The molecule has 3 aliphatic rings. The van der Waals surface area contributed by atoms with E-state index in [1.165, 1.54) is 0 Å². The van der Waals surface area contributed by atoms with Gasteiger partial charge in [-0.3, -0.25) is 9.69 Å². The topological polar surface area (TPSA) is 66.5 Å². The number of nitrogens with zero attached hydrogens (tertiary/aromatic N) is 1. The number of benzene rings is 3. The summed E-state index contributed by atoms with van der Waals surface area (Å²) in [5.41, 5.74) is 1.73. The van der Waals surface area contributed by atoms with Gasteiger partial charge in [0.1, 0.15) is 30.1 Å². The Morgan fingerprint density at radius 2 is 1.57 bits per heavy atom. The zero-order valence-electron chi connectivity index (χ0n) is 20.5. The fraction of sp³-hybridized carbons (Fsp3) is 0.345. The van der Waals surface area contributed by atoms with E-state index < -0.39 is 42.5 Å². The van der Waals surface area contributed by atoms with E-state index >= 15 is 0 Å². The Kier molecular flexibility index (Phi) is 6.42. The summed E-state index contributed by atoms with van der Waals surface area (Å²) >= 11 is 6.12. The second-order valence-electron chi connectivity index (χ2n) is 9.86. The smallest absolute Gasteiger partial charge is 0.270 e. The first-order valence-electron chi connectivity index (χ1n) is 12.4. The van der Waals surface area contributed by atoms with E-state index in [1.54, 1.807) is 17.0 Å². The SMILES string of the molecule is CC1(C)O[C@H]2O[C@H]([C@@H]3[C@H](Oc4ccccc4)C(=O)N3c3ccc(Cl)cc3)[C@H](OCc3ccccc3)[C@H]2O1. The first-order valence-corrected chi connectivity index (χ1v) is 12.7. The summed E-state index contributed by atoms with van der Waals surface area (Å²) in [5, 5.41) is 0.588. The van der Waals surface area contributed by atoms with Gasteiger partial charge in [0.2, 0.25) is 6.10 Å². The Hall–Kier alpha value is -2.94. The van der Waals surface area contributed by atoms with Crippen LogP contribution in [0.15, 0.2) is 84.9 Å². The molecule has 7 nitrogen and oxygen atoms in total. The van der Waals surface area contributed by atoms with Crippen LogP contribution in [-0.4, -0.2) is 48.4 Å². The normalized spacial score (nSPS) is 30.1. The largest absolute Gasteiger partial charge is 0.478 e. The summed E-state index contributed by atoms with van der Waals surface area (Å²) < 4.78 is 31.4. The Bertz CT molecular complexity index is 1240. The highest BCUT2D eigenvalue weighted by Gasteiger charge is 2.64. The van der Waals surface area contributed by atoms with Crippen LogP contribution in [0, 0.1) is 0 Å². The van der Waals surface area contributed by atoms with Gasteiger partial charge in [0.05, 0.1) is 6.61 Å². The molecule has 0 aliphatic carbocycles. The molecular weight excluding hydrogens is 494 g/mol. The van der Waals surface area contributed by atoms with Crippen LogP contribution in [0.4, 0.5) is 5.69 Å². The summed E-state index contributed by atoms with van der Waals surface area (Å²) in [4.78, 5) is 15.2. The molecule has 3 saturated heterocycles. The highest BCUT2D eigenvalue weighted by Crippen LogP contribution is 2.45. The summed E-state index contributed by atoms with van der Waals surface area (Å²) in [6, 6.07) is 25.9. The molecule has 3 aromatic rings. The number of ether oxygens (including phenoxy) is 5. The van der Waals surface area contributed by atoms with Crippen molar-refractivity contribution in [2.45, 2.75) is 63.0 Å². The molecular formula is C29H28ClNO6. The van der Waals surface area contributed by atoms with E-state index in [1.807, 2.05) is 86.6 Å². The molecule has 1 amide bonds. The van der Waals surface area contributed by atoms with Crippen LogP contribution in [0.5, 0.6) is 5.75 Å². The van der Waals surface area contributed by atoms with Crippen molar-refractivity contribution in [3.05, 3.63) is 95.5 Å². The number of β-lactam (4-membered cyclic amide) rings is 1. The third-order valence-corrected chi connectivity index (χ3v) is 7.10. The molecule has 0 spiro atoms. The number of halogens is 1. The predicted molar refractivity (Wildman–Crippen MR) is 137 cm³/mol. The number of hydrogen-bond donors (Lipinski definition) is 0. The van der Waals surface area contributed by atoms with Crippen molar-refractivity contribution in [3.8, 4) is 5.75 Å². The van der Waals surface area contributed by atoms with Crippen molar-refractivity contribution >= 4 is 23.2 Å². The lowest BCUT2D eigenvalue weighted by atomic mass is 9.88. The number of carbonyl (C=O) groups excluding carboxylic acids is 1. The zero-order valence-corrected chi connectivity index (χ0v) is 21.3. The number of fused-ring (bicyclic) bond motifs is 1. The second-order valence-corrected chi connectivity index (χ2v) is 10.3. The van der Waals surface area contributed by atoms with Gasteiger partial charge in [-0.25, -0.2) is 0 Å². The Balaban J connectivity index is 1.33. The third-order valence-electron chi connectivity index (χ3n) is 6.85. The van der Waals surface area contributed by atoms with Crippen molar-refractivity contribution < 1.29 is 28.5 Å². The molecule has 6 atom stereocenters. The van der Waals surface area contributed by atoms with Crippen molar-refractivity contribution in [3.63, 3.8) is 0 Å². The van der Waals surface area contributed by atoms with Crippen molar-refractivity contribution in [1.82, 2.24) is 0 Å². The summed E-state index contributed by atoms with van der Waals surface area (Å²) in [6.45, 7) is 4.07. The van der Waals surface area contributed by atoms with Crippen LogP contribution in [-0.2, 0) is 30.3 Å².